The van der Waals surface area contributed by atoms with E-state index in [-0.39, 0.29) is 15.0 Å². The predicted octanol–water partition coefficient (Wildman–Crippen LogP) is 3.72. The third kappa shape index (κ3) is 4.07. The van der Waals surface area contributed by atoms with E-state index >= 15 is 0 Å². The van der Waals surface area contributed by atoms with E-state index in [0.29, 0.717) is 11.1 Å². The van der Waals surface area contributed by atoms with Gasteiger partial charge < -0.3 is 0 Å². The number of hydrogen-bond acceptors (Lipinski definition) is 1. The van der Waals surface area contributed by atoms with Gasteiger partial charge in [0.25, 0.3) is 0 Å². The van der Waals surface area contributed by atoms with Crippen LogP contribution in [-0.2, 0) is 11.2 Å². The van der Waals surface area contributed by atoms with Gasteiger partial charge in [-0.05, 0) is 0 Å². The second-order valence-electron chi connectivity index (χ2n) is 5.32. The third-order valence-corrected chi connectivity index (χ3v) is 5.61. The van der Waals surface area contributed by atoms with Crippen LogP contribution in [0, 0.1) is 0 Å². The number of aryl methyl sites for hydroxylation is 1. The number of fused-ring (bicyclic) bond motifs is 1. The zero-order valence-electron chi connectivity index (χ0n) is 12.4. The molecular formula is C20H18OSe. The quantitative estimate of drug-likeness (QED) is 0.618. The van der Waals surface area contributed by atoms with E-state index in [1.54, 1.807) is 0 Å². The van der Waals surface area contributed by atoms with Gasteiger partial charge >= 0.3 is 137 Å². The summed E-state index contributed by atoms with van der Waals surface area (Å²) in [4.78, 5) is 12.0. The van der Waals surface area contributed by atoms with Crippen molar-refractivity contribution in [3.8, 4) is 0 Å². The number of hydrogen-bond donors (Lipinski definition) is 0. The van der Waals surface area contributed by atoms with Gasteiger partial charge in [-0.3, -0.25) is 0 Å². The Kier molecular flexibility index (Phi) is 5.05. The van der Waals surface area contributed by atoms with E-state index in [0.717, 1.165) is 12.8 Å². The van der Waals surface area contributed by atoms with Gasteiger partial charge in [-0.1, -0.05) is 0 Å². The summed E-state index contributed by atoms with van der Waals surface area (Å²) in [6.07, 6.45) is 2.59. The molecule has 0 heterocycles. The van der Waals surface area contributed by atoms with Crippen LogP contribution in [0.5, 0.6) is 0 Å². The molecule has 0 aliphatic heterocycles. The molecule has 2 heteroatoms. The fourth-order valence-electron chi connectivity index (χ4n) is 2.50. The molecule has 0 aliphatic rings. The number of carbonyl (C=O) groups excluding carboxylic acids is 1. The first-order valence-electron chi connectivity index (χ1n) is 7.55. The van der Waals surface area contributed by atoms with Gasteiger partial charge in [0.1, 0.15) is 0 Å². The van der Waals surface area contributed by atoms with Crippen molar-refractivity contribution in [2.45, 2.75) is 19.3 Å². The molecule has 0 atom stereocenters. The Morgan fingerprint density at radius 2 is 1.55 bits per heavy atom. The summed E-state index contributed by atoms with van der Waals surface area (Å²) in [5.74, 6) is 0. The van der Waals surface area contributed by atoms with Crippen molar-refractivity contribution in [3.05, 3.63) is 78.4 Å². The Hall–Kier alpha value is -1.89. The Balaban J connectivity index is 1.52. The fourth-order valence-corrected chi connectivity index (χ4v) is 4.19. The van der Waals surface area contributed by atoms with Gasteiger partial charge in [0, 0.05) is 0 Å². The standard InChI is InChI=1S/C20H18OSe/c21-20(22-19-10-2-1-3-11-19)12-6-7-16-13-14-17-8-4-5-9-18(17)15-16/h1-5,8-11,13-15H,6-7,12H2. The fraction of sp³-hybridized carbons (Fsp3) is 0.150. The molecule has 110 valence electrons. The molecule has 3 aromatic rings. The van der Waals surface area contributed by atoms with E-state index in [4.69, 9.17) is 0 Å². The molecule has 0 bridgehead atoms. The number of rotatable bonds is 6. The number of benzene rings is 3. The van der Waals surface area contributed by atoms with Crippen LogP contribution in [0.4, 0.5) is 0 Å². The predicted molar refractivity (Wildman–Crippen MR) is 93.7 cm³/mol. The molecule has 0 saturated carbocycles. The molecule has 0 spiro atoms. The monoisotopic (exact) mass is 354 g/mol. The SMILES string of the molecule is O=C(CCCc1ccc2ccccc2c1)[Se]c1ccccc1. The summed E-state index contributed by atoms with van der Waals surface area (Å²) in [5, 5.41) is 2.55. The van der Waals surface area contributed by atoms with Crippen LogP contribution in [-0.4, -0.2) is 19.6 Å². The van der Waals surface area contributed by atoms with Crippen molar-refractivity contribution >= 4 is 34.9 Å². The van der Waals surface area contributed by atoms with Crippen molar-refractivity contribution in [2.24, 2.45) is 0 Å². The Bertz CT molecular complexity index is 765. The Morgan fingerprint density at radius 1 is 0.818 bits per heavy atom. The first-order valence-corrected chi connectivity index (χ1v) is 9.26. The molecule has 0 unspecified atom stereocenters. The summed E-state index contributed by atoms with van der Waals surface area (Å²) in [5.41, 5.74) is 1.32. The summed E-state index contributed by atoms with van der Waals surface area (Å²) in [6, 6.07) is 25.1. The molecule has 0 aliphatic carbocycles. The zero-order chi connectivity index (χ0) is 15.2. The summed E-state index contributed by atoms with van der Waals surface area (Å²) in [6.45, 7) is 0. The molecule has 0 fully saturated rings. The van der Waals surface area contributed by atoms with E-state index in [9.17, 15) is 4.79 Å². The molecule has 0 saturated heterocycles. The van der Waals surface area contributed by atoms with Gasteiger partial charge in [-0.2, -0.15) is 0 Å². The van der Waals surface area contributed by atoms with Crippen molar-refractivity contribution < 1.29 is 4.79 Å². The van der Waals surface area contributed by atoms with Crippen molar-refractivity contribution in [1.82, 2.24) is 0 Å². The maximum absolute atomic E-state index is 12.0. The molecule has 0 amide bonds. The molecule has 0 aromatic heterocycles. The van der Waals surface area contributed by atoms with Crippen molar-refractivity contribution in [2.75, 3.05) is 0 Å². The normalized spacial score (nSPS) is 10.7. The first kappa shape index (κ1) is 15.0. The van der Waals surface area contributed by atoms with Gasteiger partial charge in [-0.25, -0.2) is 0 Å². The summed E-state index contributed by atoms with van der Waals surface area (Å²) >= 11 is -0.0371. The summed E-state index contributed by atoms with van der Waals surface area (Å²) in [7, 11) is 0. The van der Waals surface area contributed by atoms with Crippen LogP contribution in [0.2, 0.25) is 0 Å². The number of carbonyl (C=O) groups is 1. The minimum atomic E-state index is -0.0371. The minimum absolute atomic E-state index is 0.0371. The molecule has 1 nitrogen and oxygen atoms in total. The van der Waals surface area contributed by atoms with E-state index in [2.05, 4.69) is 42.5 Å². The van der Waals surface area contributed by atoms with Crippen LogP contribution in [0.15, 0.2) is 72.8 Å². The van der Waals surface area contributed by atoms with Crippen LogP contribution in [0.3, 0.4) is 0 Å². The van der Waals surface area contributed by atoms with E-state index in [1.807, 2.05) is 30.3 Å². The topological polar surface area (TPSA) is 17.1 Å². The summed E-state index contributed by atoms with van der Waals surface area (Å²) < 4.78 is 1.56. The van der Waals surface area contributed by atoms with Gasteiger partial charge in [-0.15, -0.1) is 0 Å². The van der Waals surface area contributed by atoms with Crippen LogP contribution < -0.4 is 4.46 Å². The first-order chi connectivity index (χ1) is 10.8. The molecule has 22 heavy (non-hydrogen) atoms. The van der Waals surface area contributed by atoms with E-state index < -0.39 is 0 Å². The van der Waals surface area contributed by atoms with Crippen LogP contribution in [0.1, 0.15) is 18.4 Å². The Labute approximate surface area is 137 Å². The van der Waals surface area contributed by atoms with Crippen LogP contribution >= 0.6 is 0 Å². The second-order valence-corrected chi connectivity index (χ2v) is 7.69. The Morgan fingerprint density at radius 3 is 2.36 bits per heavy atom. The van der Waals surface area contributed by atoms with Crippen molar-refractivity contribution in [1.29, 1.82) is 0 Å². The molecule has 3 aromatic carbocycles. The molecule has 3 rings (SSSR count). The average molecular weight is 353 g/mol. The average Bonchev–Trinajstić information content (AvgIpc) is 2.55. The van der Waals surface area contributed by atoms with E-state index in [1.165, 1.54) is 20.8 Å². The van der Waals surface area contributed by atoms with Gasteiger partial charge in [0.05, 0.1) is 0 Å². The molecule has 0 radical (unpaired) electrons. The second kappa shape index (κ2) is 7.40. The molecular weight excluding hydrogens is 335 g/mol. The van der Waals surface area contributed by atoms with Gasteiger partial charge in [0.2, 0.25) is 0 Å². The zero-order valence-corrected chi connectivity index (χ0v) is 14.1. The van der Waals surface area contributed by atoms with Crippen molar-refractivity contribution in [3.63, 3.8) is 0 Å². The molecule has 0 N–H and O–H groups in total. The van der Waals surface area contributed by atoms with Crippen LogP contribution in [0.25, 0.3) is 10.8 Å². The third-order valence-electron chi connectivity index (χ3n) is 3.64. The maximum atomic E-state index is 12.0. The van der Waals surface area contributed by atoms with Gasteiger partial charge in [0.15, 0.2) is 0 Å².